The lowest BCUT2D eigenvalue weighted by Gasteiger charge is -2.39. The maximum absolute atomic E-state index is 6.29. The van der Waals surface area contributed by atoms with Crippen LogP contribution in [0.4, 0.5) is 0 Å². The van der Waals surface area contributed by atoms with E-state index in [4.69, 9.17) is 10.2 Å². The second kappa shape index (κ2) is 3.95. The molecule has 0 bridgehead atoms. The van der Waals surface area contributed by atoms with E-state index in [1.165, 1.54) is 6.42 Å². The van der Waals surface area contributed by atoms with Crippen molar-refractivity contribution >= 4 is 8.32 Å². The first-order valence-corrected chi connectivity index (χ1v) is 8.58. The minimum atomic E-state index is -1.59. The van der Waals surface area contributed by atoms with E-state index in [1.54, 1.807) is 0 Å². The summed E-state index contributed by atoms with van der Waals surface area (Å²) in [5.74, 6) is 0. The van der Waals surface area contributed by atoms with Gasteiger partial charge in [-0.15, -0.1) is 0 Å². The fourth-order valence-electron chi connectivity index (χ4n) is 1.66. The van der Waals surface area contributed by atoms with E-state index in [0.717, 1.165) is 12.8 Å². The van der Waals surface area contributed by atoms with Gasteiger partial charge in [0.05, 0.1) is 6.10 Å². The van der Waals surface area contributed by atoms with Crippen molar-refractivity contribution in [3.63, 3.8) is 0 Å². The molecule has 2 nitrogen and oxygen atoms in total. The molecule has 84 valence electrons. The predicted octanol–water partition coefficient (Wildman–Crippen LogP) is 2.89. The minimum absolute atomic E-state index is 0.282. The van der Waals surface area contributed by atoms with Crippen LogP contribution >= 0.6 is 0 Å². The van der Waals surface area contributed by atoms with Crippen molar-refractivity contribution in [3.05, 3.63) is 0 Å². The minimum Gasteiger partial charge on any atom is -0.412 e. The van der Waals surface area contributed by atoms with Crippen LogP contribution in [0.15, 0.2) is 0 Å². The van der Waals surface area contributed by atoms with E-state index >= 15 is 0 Å². The Bertz CT molecular complexity index is 198. The van der Waals surface area contributed by atoms with Gasteiger partial charge in [0.2, 0.25) is 0 Å². The smallest absolute Gasteiger partial charge is 0.192 e. The summed E-state index contributed by atoms with van der Waals surface area (Å²) in [6, 6.07) is 0.282. The molecule has 0 aromatic rings. The molecule has 0 aromatic heterocycles. The summed E-state index contributed by atoms with van der Waals surface area (Å²) in [6.07, 6.45) is 3.86. The molecule has 2 N–H and O–H groups in total. The molecule has 1 aliphatic rings. The monoisotopic (exact) mass is 215 g/mol. The molecular weight excluding hydrogens is 190 g/mol. The van der Waals surface area contributed by atoms with E-state index < -0.39 is 8.32 Å². The Balaban J connectivity index is 2.58. The lowest BCUT2D eigenvalue weighted by Crippen LogP contribution is -2.47. The lowest BCUT2D eigenvalue weighted by molar-refractivity contribution is 0.171. The zero-order chi connectivity index (χ0) is 11.0. The average molecular weight is 215 g/mol. The van der Waals surface area contributed by atoms with Crippen molar-refractivity contribution in [2.75, 3.05) is 0 Å². The third-order valence-corrected chi connectivity index (χ3v) is 8.26. The van der Waals surface area contributed by atoms with Crippen LogP contribution < -0.4 is 5.73 Å². The van der Waals surface area contributed by atoms with Crippen LogP contribution in [0.2, 0.25) is 18.1 Å². The number of rotatable bonds is 2. The highest BCUT2D eigenvalue weighted by molar-refractivity contribution is 6.74. The van der Waals surface area contributed by atoms with E-state index in [1.807, 2.05) is 0 Å². The molecule has 0 radical (unpaired) electrons. The van der Waals surface area contributed by atoms with Gasteiger partial charge in [-0.1, -0.05) is 20.8 Å². The van der Waals surface area contributed by atoms with Crippen LogP contribution in [0.25, 0.3) is 0 Å². The van der Waals surface area contributed by atoms with Crippen LogP contribution in [-0.2, 0) is 4.43 Å². The largest absolute Gasteiger partial charge is 0.412 e. The van der Waals surface area contributed by atoms with Crippen molar-refractivity contribution < 1.29 is 4.43 Å². The van der Waals surface area contributed by atoms with Crippen molar-refractivity contribution in [1.82, 2.24) is 0 Å². The summed E-state index contributed by atoms with van der Waals surface area (Å²) >= 11 is 0. The quantitative estimate of drug-likeness (QED) is 0.719. The molecule has 0 amide bonds. The molecule has 1 saturated carbocycles. The van der Waals surface area contributed by atoms with Gasteiger partial charge < -0.3 is 10.2 Å². The summed E-state index contributed by atoms with van der Waals surface area (Å²) in [5.41, 5.74) is 6.03. The Morgan fingerprint density at radius 1 is 1.21 bits per heavy atom. The Labute approximate surface area is 89.3 Å². The van der Waals surface area contributed by atoms with Gasteiger partial charge in [-0.05, 0) is 37.4 Å². The van der Waals surface area contributed by atoms with Crippen LogP contribution in [0.3, 0.4) is 0 Å². The van der Waals surface area contributed by atoms with Crippen LogP contribution in [-0.4, -0.2) is 20.5 Å². The van der Waals surface area contributed by atoms with Gasteiger partial charge in [0.25, 0.3) is 0 Å². The fourth-order valence-corrected chi connectivity index (χ4v) is 3.06. The molecule has 0 saturated heterocycles. The molecule has 3 heteroatoms. The topological polar surface area (TPSA) is 35.2 Å². The van der Waals surface area contributed by atoms with Gasteiger partial charge >= 0.3 is 0 Å². The normalized spacial score (nSPS) is 29.6. The number of hydrogen-bond donors (Lipinski definition) is 1. The molecule has 0 aliphatic heterocycles. The van der Waals surface area contributed by atoms with Gasteiger partial charge in [0.1, 0.15) is 0 Å². The summed E-state index contributed by atoms with van der Waals surface area (Å²) in [4.78, 5) is 0. The van der Waals surface area contributed by atoms with E-state index in [9.17, 15) is 0 Å². The highest BCUT2D eigenvalue weighted by atomic mass is 28.4. The zero-order valence-electron chi connectivity index (χ0n) is 10.3. The Hall–Kier alpha value is 0.137. The number of nitrogens with two attached hydrogens (primary N) is 1. The van der Waals surface area contributed by atoms with E-state index in [-0.39, 0.29) is 6.04 Å². The standard InChI is InChI=1S/C11H25NOSi/c1-11(2,3)14(4,5)13-10-8-6-7-9(10)12/h9-10H,6-8,12H2,1-5H3/t9-,10+/m1/s1. The van der Waals surface area contributed by atoms with Crippen molar-refractivity contribution in [2.45, 2.75) is 70.3 Å². The molecule has 0 spiro atoms. The van der Waals surface area contributed by atoms with Gasteiger partial charge in [-0.25, -0.2) is 0 Å². The van der Waals surface area contributed by atoms with E-state index in [0.29, 0.717) is 11.1 Å². The Morgan fingerprint density at radius 3 is 2.14 bits per heavy atom. The van der Waals surface area contributed by atoms with Gasteiger partial charge in [0, 0.05) is 6.04 Å². The van der Waals surface area contributed by atoms with Gasteiger partial charge in [-0.2, -0.15) is 0 Å². The highest BCUT2D eigenvalue weighted by Gasteiger charge is 2.41. The lowest BCUT2D eigenvalue weighted by atomic mass is 10.2. The van der Waals surface area contributed by atoms with Crippen molar-refractivity contribution in [3.8, 4) is 0 Å². The summed E-state index contributed by atoms with van der Waals surface area (Å²) in [6.45, 7) is 11.4. The first-order chi connectivity index (χ1) is 6.24. The van der Waals surface area contributed by atoms with Crippen LogP contribution in [0.5, 0.6) is 0 Å². The first kappa shape index (κ1) is 12.2. The maximum Gasteiger partial charge on any atom is 0.192 e. The average Bonchev–Trinajstić information content (AvgIpc) is 2.33. The van der Waals surface area contributed by atoms with Crippen molar-refractivity contribution in [2.24, 2.45) is 5.73 Å². The molecule has 1 aliphatic carbocycles. The molecule has 0 unspecified atom stereocenters. The van der Waals surface area contributed by atoms with Crippen LogP contribution in [0.1, 0.15) is 40.0 Å². The SMILES string of the molecule is CC(C)(C)[Si](C)(C)O[C@H]1CCC[C@H]1N. The maximum atomic E-state index is 6.29. The fraction of sp³-hybridized carbons (Fsp3) is 1.00. The Kier molecular flexibility index (Phi) is 3.44. The van der Waals surface area contributed by atoms with Crippen LogP contribution in [0, 0.1) is 0 Å². The third kappa shape index (κ3) is 2.58. The molecule has 14 heavy (non-hydrogen) atoms. The van der Waals surface area contributed by atoms with Gasteiger partial charge in [0.15, 0.2) is 8.32 Å². The zero-order valence-corrected chi connectivity index (χ0v) is 11.3. The second-order valence-corrected chi connectivity index (χ2v) is 10.8. The molecule has 0 heterocycles. The Morgan fingerprint density at radius 2 is 1.79 bits per heavy atom. The summed E-state index contributed by atoms with van der Waals surface area (Å²) in [7, 11) is -1.59. The molecule has 2 atom stereocenters. The second-order valence-electron chi connectivity index (χ2n) is 6.01. The highest BCUT2D eigenvalue weighted by Crippen LogP contribution is 2.39. The molecule has 0 aromatic carbocycles. The van der Waals surface area contributed by atoms with Crippen molar-refractivity contribution in [1.29, 1.82) is 0 Å². The molecular formula is C11H25NOSi. The number of hydrogen-bond acceptors (Lipinski definition) is 2. The first-order valence-electron chi connectivity index (χ1n) is 5.67. The summed E-state index contributed by atoms with van der Waals surface area (Å²) < 4.78 is 6.29. The molecule has 1 rings (SSSR count). The summed E-state index contributed by atoms with van der Waals surface area (Å²) in [5, 5.41) is 0.301. The molecule has 1 fully saturated rings. The third-order valence-electron chi connectivity index (χ3n) is 3.76. The van der Waals surface area contributed by atoms with E-state index in [2.05, 4.69) is 33.9 Å². The predicted molar refractivity (Wildman–Crippen MR) is 63.9 cm³/mol. The van der Waals surface area contributed by atoms with Gasteiger partial charge in [-0.3, -0.25) is 0 Å².